The van der Waals surface area contributed by atoms with Crippen molar-refractivity contribution in [1.82, 2.24) is 0 Å². The predicted octanol–water partition coefficient (Wildman–Crippen LogP) is 3.62. The van der Waals surface area contributed by atoms with Gasteiger partial charge < -0.3 is 9.64 Å². The van der Waals surface area contributed by atoms with Gasteiger partial charge in [0.05, 0.1) is 30.7 Å². The monoisotopic (exact) mass is 422 g/mol. The van der Waals surface area contributed by atoms with Crippen LogP contribution >= 0.6 is 23.4 Å². The maximum absolute atomic E-state index is 12.1. The highest BCUT2D eigenvalue weighted by atomic mass is 35.5. The lowest BCUT2D eigenvalue weighted by Gasteiger charge is -2.26. The number of benzene rings is 2. The van der Waals surface area contributed by atoms with Crippen molar-refractivity contribution in [3.8, 4) is 5.75 Å². The van der Waals surface area contributed by atoms with E-state index >= 15 is 0 Å². The number of nitrogens with zero attached hydrogens (tertiary/aromatic N) is 2. The molecule has 2 aromatic carbocycles. The van der Waals surface area contributed by atoms with Crippen molar-refractivity contribution in [1.29, 1.82) is 0 Å². The van der Waals surface area contributed by atoms with Crippen LogP contribution in [0.3, 0.4) is 0 Å². The summed E-state index contributed by atoms with van der Waals surface area (Å²) in [6.07, 6.45) is 0. The molecule has 0 bridgehead atoms. The first kappa shape index (κ1) is 18.7. The Morgan fingerprint density at radius 3 is 2.70 bits per heavy atom. The fourth-order valence-electron chi connectivity index (χ4n) is 3.43. The number of ether oxygens (including phenoxy) is 1. The van der Waals surface area contributed by atoms with Crippen molar-refractivity contribution in [2.75, 3.05) is 23.5 Å². The number of amidine groups is 1. The zero-order valence-corrected chi connectivity index (χ0v) is 17.1. The number of hydrogen-bond acceptors (Lipinski definition) is 6. The van der Waals surface area contributed by atoms with Gasteiger partial charge in [0, 0.05) is 16.5 Å². The van der Waals surface area contributed by atoms with E-state index in [1.54, 1.807) is 18.9 Å². The normalized spacial score (nSPS) is 23.2. The van der Waals surface area contributed by atoms with Gasteiger partial charge >= 0.3 is 0 Å². The Bertz CT molecular complexity index is 977. The van der Waals surface area contributed by atoms with Gasteiger partial charge in [0.15, 0.2) is 15.0 Å². The second-order valence-corrected chi connectivity index (χ2v) is 10.1. The summed E-state index contributed by atoms with van der Waals surface area (Å²) in [4.78, 5) is 6.78. The lowest BCUT2D eigenvalue weighted by Crippen LogP contribution is -2.39. The van der Waals surface area contributed by atoms with Crippen LogP contribution in [-0.2, 0) is 15.6 Å². The van der Waals surface area contributed by atoms with Crippen LogP contribution in [0.1, 0.15) is 5.56 Å². The zero-order chi connectivity index (χ0) is 19.0. The minimum absolute atomic E-state index is 0.112. The molecular formula is C19H19ClN2O3S2. The Balaban J connectivity index is 1.58. The summed E-state index contributed by atoms with van der Waals surface area (Å²) in [6.45, 7) is 0. The Morgan fingerprint density at radius 1 is 1.22 bits per heavy atom. The second kappa shape index (κ2) is 7.37. The van der Waals surface area contributed by atoms with Crippen LogP contribution in [0.25, 0.3) is 0 Å². The molecule has 142 valence electrons. The predicted molar refractivity (Wildman–Crippen MR) is 112 cm³/mol. The number of halogens is 1. The third kappa shape index (κ3) is 3.95. The first-order valence-electron chi connectivity index (χ1n) is 8.54. The molecule has 4 rings (SSSR count). The second-order valence-electron chi connectivity index (χ2n) is 6.61. The van der Waals surface area contributed by atoms with Crippen LogP contribution in [0.2, 0.25) is 5.02 Å². The van der Waals surface area contributed by atoms with E-state index in [1.807, 2.05) is 53.4 Å². The Labute approximate surface area is 168 Å². The molecule has 2 atom stereocenters. The summed E-state index contributed by atoms with van der Waals surface area (Å²) in [5.41, 5.74) is 2.03. The molecule has 2 aromatic rings. The minimum Gasteiger partial charge on any atom is -0.497 e. The molecule has 8 heteroatoms. The highest BCUT2D eigenvalue weighted by molar-refractivity contribution is 8.13. The van der Waals surface area contributed by atoms with Gasteiger partial charge in [-0.1, -0.05) is 41.6 Å². The molecule has 0 spiro atoms. The van der Waals surface area contributed by atoms with Crippen LogP contribution < -0.4 is 9.64 Å². The van der Waals surface area contributed by atoms with Crippen molar-refractivity contribution in [2.24, 2.45) is 4.99 Å². The number of aliphatic imine (C=N–C) groups is 1. The summed E-state index contributed by atoms with van der Waals surface area (Å²) in [6, 6.07) is 15.0. The molecule has 1 saturated heterocycles. The van der Waals surface area contributed by atoms with Gasteiger partial charge in [-0.25, -0.2) is 8.42 Å². The molecule has 0 aromatic heterocycles. The number of hydrogen-bond donors (Lipinski definition) is 0. The van der Waals surface area contributed by atoms with E-state index in [4.69, 9.17) is 21.3 Å². The number of anilines is 1. The standard InChI is InChI=1S/C19H19ClN2O3S2/c1-25-16-7-5-13(6-8-16)10-26-19-21-17-11-27(23,24)12-18(17)22(19)15-4-2-3-14(20)9-15/h2-9,17-18H,10-12H2,1H3. The van der Waals surface area contributed by atoms with E-state index in [1.165, 1.54) is 0 Å². The third-order valence-electron chi connectivity index (χ3n) is 4.72. The molecule has 0 amide bonds. The van der Waals surface area contributed by atoms with E-state index < -0.39 is 9.84 Å². The number of rotatable bonds is 4. The van der Waals surface area contributed by atoms with Crippen LogP contribution in [0.15, 0.2) is 53.5 Å². The molecule has 0 radical (unpaired) electrons. The summed E-state index contributed by atoms with van der Waals surface area (Å²) in [5.74, 6) is 1.80. The Kier molecular flexibility index (Phi) is 5.09. The van der Waals surface area contributed by atoms with Crippen LogP contribution in [0.5, 0.6) is 5.75 Å². The maximum atomic E-state index is 12.1. The van der Waals surface area contributed by atoms with E-state index in [0.29, 0.717) is 5.02 Å². The van der Waals surface area contributed by atoms with E-state index in [9.17, 15) is 8.42 Å². The van der Waals surface area contributed by atoms with Gasteiger partial charge in [-0.05, 0) is 35.9 Å². The fourth-order valence-corrected chi connectivity index (χ4v) is 6.54. The minimum atomic E-state index is -3.06. The number of thioether (sulfide) groups is 1. The summed E-state index contributed by atoms with van der Waals surface area (Å²) < 4.78 is 29.4. The number of sulfone groups is 1. The van der Waals surface area contributed by atoms with Gasteiger partial charge in [-0.15, -0.1) is 0 Å². The molecule has 0 aliphatic carbocycles. The van der Waals surface area contributed by atoms with Gasteiger partial charge in [0.1, 0.15) is 5.75 Å². The SMILES string of the molecule is COc1ccc(CSC2=NC3CS(=O)(=O)CC3N2c2cccc(Cl)c2)cc1. The van der Waals surface area contributed by atoms with E-state index in [0.717, 1.165) is 27.9 Å². The summed E-state index contributed by atoms with van der Waals surface area (Å²) >= 11 is 7.78. The van der Waals surface area contributed by atoms with Crippen LogP contribution in [0, 0.1) is 0 Å². The summed E-state index contributed by atoms with van der Waals surface area (Å²) in [7, 11) is -1.41. The molecule has 1 fully saturated rings. The van der Waals surface area contributed by atoms with E-state index in [-0.39, 0.29) is 23.6 Å². The highest BCUT2D eigenvalue weighted by Crippen LogP contribution is 2.36. The molecule has 0 N–H and O–H groups in total. The lowest BCUT2D eigenvalue weighted by atomic mass is 10.1. The summed E-state index contributed by atoms with van der Waals surface area (Å²) in [5, 5.41) is 1.47. The molecule has 2 aliphatic rings. The smallest absolute Gasteiger partial charge is 0.164 e. The van der Waals surface area contributed by atoms with Gasteiger partial charge in [0.2, 0.25) is 0 Å². The molecule has 27 heavy (non-hydrogen) atoms. The first-order chi connectivity index (χ1) is 12.9. The van der Waals surface area contributed by atoms with Gasteiger partial charge in [-0.2, -0.15) is 0 Å². The van der Waals surface area contributed by atoms with Crippen molar-refractivity contribution >= 4 is 44.1 Å². The maximum Gasteiger partial charge on any atom is 0.164 e. The van der Waals surface area contributed by atoms with Gasteiger partial charge in [-0.3, -0.25) is 4.99 Å². The Morgan fingerprint density at radius 2 is 2.00 bits per heavy atom. The third-order valence-corrected chi connectivity index (χ3v) is 7.69. The highest BCUT2D eigenvalue weighted by Gasteiger charge is 2.47. The zero-order valence-electron chi connectivity index (χ0n) is 14.7. The lowest BCUT2D eigenvalue weighted by molar-refractivity contribution is 0.414. The molecule has 5 nitrogen and oxygen atoms in total. The molecule has 0 saturated carbocycles. The largest absolute Gasteiger partial charge is 0.497 e. The number of methoxy groups -OCH3 is 1. The molecular weight excluding hydrogens is 404 g/mol. The molecule has 2 unspecified atom stereocenters. The number of fused-ring (bicyclic) bond motifs is 1. The van der Waals surface area contributed by atoms with Crippen molar-refractivity contribution in [3.63, 3.8) is 0 Å². The van der Waals surface area contributed by atoms with Gasteiger partial charge in [0.25, 0.3) is 0 Å². The van der Waals surface area contributed by atoms with Crippen molar-refractivity contribution in [3.05, 3.63) is 59.1 Å². The molecule has 2 aliphatic heterocycles. The topological polar surface area (TPSA) is 59.0 Å². The average Bonchev–Trinajstić information content (AvgIpc) is 3.11. The first-order valence-corrected chi connectivity index (χ1v) is 11.7. The average molecular weight is 423 g/mol. The van der Waals surface area contributed by atoms with Crippen molar-refractivity contribution < 1.29 is 13.2 Å². The van der Waals surface area contributed by atoms with Crippen molar-refractivity contribution in [2.45, 2.75) is 17.8 Å². The Hall–Kier alpha value is -1.70. The van der Waals surface area contributed by atoms with Crippen LogP contribution in [-0.4, -0.2) is 44.3 Å². The van der Waals surface area contributed by atoms with E-state index in [2.05, 4.69) is 0 Å². The fraction of sp³-hybridized carbons (Fsp3) is 0.316. The quantitative estimate of drug-likeness (QED) is 0.753. The molecule has 2 heterocycles. The van der Waals surface area contributed by atoms with Crippen LogP contribution in [0.4, 0.5) is 5.69 Å².